The van der Waals surface area contributed by atoms with Gasteiger partial charge in [-0.3, -0.25) is 0 Å². The lowest BCUT2D eigenvalue weighted by molar-refractivity contribution is 0.0991. The van der Waals surface area contributed by atoms with Crippen molar-refractivity contribution in [1.29, 1.82) is 0 Å². The molecule has 2 atom stereocenters. The van der Waals surface area contributed by atoms with Gasteiger partial charge in [0, 0.05) is 35.4 Å². The lowest BCUT2D eigenvalue weighted by Crippen LogP contribution is -2.37. The second-order valence-electron chi connectivity index (χ2n) is 6.35. The van der Waals surface area contributed by atoms with Gasteiger partial charge in [-0.05, 0) is 30.2 Å². The summed E-state index contributed by atoms with van der Waals surface area (Å²) in [5.74, 6) is 0. The Labute approximate surface area is 168 Å². The molecule has 2 saturated heterocycles. The highest BCUT2D eigenvalue weighted by atomic mass is 35.5. The molecule has 140 valence electrons. The van der Waals surface area contributed by atoms with Crippen LogP contribution in [0, 0.1) is 0 Å². The lowest BCUT2D eigenvalue weighted by atomic mass is 10.1. The second-order valence-corrected chi connectivity index (χ2v) is 7.75. The highest BCUT2D eigenvalue weighted by Crippen LogP contribution is 2.41. The minimum Gasteiger partial charge on any atom is -0.392 e. The number of ether oxygens (including phenoxy) is 1. The molecule has 5 nitrogen and oxygen atoms in total. The van der Waals surface area contributed by atoms with Crippen molar-refractivity contribution in [3.8, 4) is 0 Å². The van der Waals surface area contributed by atoms with E-state index in [0.29, 0.717) is 23.7 Å². The van der Waals surface area contributed by atoms with Gasteiger partial charge in [-0.25, -0.2) is 4.98 Å². The number of aliphatic hydroxyl groups excluding tert-OH is 1. The summed E-state index contributed by atoms with van der Waals surface area (Å²) in [6.07, 6.45) is 3.13. The summed E-state index contributed by atoms with van der Waals surface area (Å²) in [5, 5.41) is 10.9. The van der Waals surface area contributed by atoms with Gasteiger partial charge in [0.2, 0.25) is 0 Å². The minimum atomic E-state index is -0.0549. The van der Waals surface area contributed by atoms with E-state index < -0.39 is 0 Å². The van der Waals surface area contributed by atoms with Crippen LogP contribution in [-0.2, 0) is 17.9 Å². The van der Waals surface area contributed by atoms with Crippen LogP contribution in [0.4, 0.5) is 5.69 Å². The van der Waals surface area contributed by atoms with Gasteiger partial charge in [0.1, 0.15) is 5.03 Å². The molecule has 3 N–H and O–H groups in total. The summed E-state index contributed by atoms with van der Waals surface area (Å²) in [6, 6.07) is 8.24. The van der Waals surface area contributed by atoms with Crippen LogP contribution in [-0.4, -0.2) is 35.4 Å². The minimum absolute atomic E-state index is 0. The van der Waals surface area contributed by atoms with Crippen molar-refractivity contribution >= 4 is 41.5 Å². The third-order valence-electron chi connectivity index (χ3n) is 4.78. The van der Waals surface area contributed by atoms with Crippen molar-refractivity contribution in [2.45, 2.75) is 41.6 Å². The molecule has 2 unspecified atom stereocenters. The maximum absolute atomic E-state index is 9.51. The maximum atomic E-state index is 9.51. The number of pyridine rings is 1. The Morgan fingerprint density at radius 1 is 1.38 bits per heavy atom. The molecule has 4 rings (SSSR count). The number of hydrogen-bond acceptors (Lipinski definition) is 6. The van der Waals surface area contributed by atoms with Crippen LogP contribution in [0.2, 0.25) is 5.02 Å². The fourth-order valence-corrected chi connectivity index (χ4v) is 4.86. The van der Waals surface area contributed by atoms with Gasteiger partial charge in [-0.2, -0.15) is 0 Å². The molecular formula is C18H21Cl2N3O2S. The maximum Gasteiger partial charge on any atom is 0.106 e. The molecule has 0 spiro atoms. The molecule has 2 aliphatic rings. The Hall–Kier alpha value is -1.02. The van der Waals surface area contributed by atoms with Crippen molar-refractivity contribution in [2.24, 2.45) is 5.73 Å². The number of aromatic nitrogens is 1. The summed E-state index contributed by atoms with van der Waals surface area (Å²) in [5.41, 5.74) is 8.88. The molecule has 26 heavy (non-hydrogen) atoms. The molecular weight excluding hydrogens is 393 g/mol. The zero-order valence-electron chi connectivity index (χ0n) is 14.1. The Balaban J connectivity index is 0.00000196. The van der Waals surface area contributed by atoms with E-state index in [0.717, 1.165) is 46.3 Å². The van der Waals surface area contributed by atoms with Crippen molar-refractivity contribution < 1.29 is 9.84 Å². The Morgan fingerprint density at radius 3 is 2.88 bits per heavy atom. The van der Waals surface area contributed by atoms with Gasteiger partial charge in [-0.1, -0.05) is 29.4 Å². The van der Waals surface area contributed by atoms with Gasteiger partial charge >= 0.3 is 0 Å². The fraction of sp³-hybridized carbons (Fsp3) is 0.389. The average Bonchev–Trinajstić information content (AvgIpc) is 3.27. The summed E-state index contributed by atoms with van der Waals surface area (Å²) >= 11 is 8.07. The van der Waals surface area contributed by atoms with Crippen LogP contribution in [0.5, 0.6) is 0 Å². The normalized spacial score (nSPS) is 21.1. The number of rotatable bonds is 5. The number of benzene rings is 1. The van der Waals surface area contributed by atoms with Crippen LogP contribution in [0.1, 0.15) is 17.5 Å². The Kier molecular flexibility index (Phi) is 6.33. The Bertz CT molecular complexity index is 793. The van der Waals surface area contributed by atoms with Crippen molar-refractivity contribution in [2.75, 3.05) is 18.1 Å². The first-order valence-electron chi connectivity index (χ1n) is 8.33. The number of hydrogen-bond donors (Lipinski definition) is 2. The van der Waals surface area contributed by atoms with Gasteiger partial charge in [0.05, 0.1) is 30.4 Å². The first-order chi connectivity index (χ1) is 12.2. The summed E-state index contributed by atoms with van der Waals surface area (Å²) < 4.78 is 5.68. The quantitative estimate of drug-likeness (QED) is 0.783. The van der Waals surface area contributed by atoms with E-state index in [9.17, 15) is 5.11 Å². The predicted molar refractivity (Wildman–Crippen MR) is 106 cm³/mol. The van der Waals surface area contributed by atoms with Crippen LogP contribution in [0.3, 0.4) is 0 Å². The molecule has 3 heterocycles. The molecule has 8 heteroatoms. The molecule has 1 aromatic carbocycles. The third-order valence-corrected chi connectivity index (χ3v) is 6.43. The zero-order valence-corrected chi connectivity index (χ0v) is 16.5. The highest BCUT2D eigenvalue weighted by Gasteiger charge is 2.39. The van der Waals surface area contributed by atoms with E-state index in [4.69, 9.17) is 22.1 Å². The standard InChI is InChI=1S/C18H20ClN3O2S.ClH/c19-16-6-13(22-8-15-5-14(22)10-24-15)4-12(7-20)17(16)25-18-11(9-23)2-1-3-21-18;/h1-4,6,14-15,23H,5,7-10,20H2;1H. The van der Waals surface area contributed by atoms with Gasteiger partial charge < -0.3 is 20.5 Å². The van der Waals surface area contributed by atoms with E-state index in [-0.39, 0.29) is 19.0 Å². The van der Waals surface area contributed by atoms with Crippen molar-refractivity contribution in [3.63, 3.8) is 0 Å². The largest absolute Gasteiger partial charge is 0.392 e. The Morgan fingerprint density at radius 2 is 2.23 bits per heavy atom. The number of morpholine rings is 1. The van der Waals surface area contributed by atoms with Gasteiger partial charge in [0.25, 0.3) is 0 Å². The first-order valence-corrected chi connectivity index (χ1v) is 9.52. The summed E-state index contributed by atoms with van der Waals surface area (Å²) in [4.78, 5) is 7.64. The summed E-state index contributed by atoms with van der Waals surface area (Å²) in [7, 11) is 0. The smallest absolute Gasteiger partial charge is 0.106 e. The lowest BCUT2D eigenvalue weighted by Gasteiger charge is -2.30. The van der Waals surface area contributed by atoms with Gasteiger partial charge in [-0.15, -0.1) is 12.4 Å². The highest BCUT2D eigenvalue weighted by molar-refractivity contribution is 7.99. The second kappa shape index (κ2) is 8.33. The average molecular weight is 414 g/mol. The molecule has 2 fully saturated rings. The van der Waals surface area contributed by atoms with E-state index >= 15 is 0 Å². The zero-order chi connectivity index (χ0) is 17.4. The molecule has 0 saturated carbocycles. The molecule has 2 aliphatic heterocycles. The van der Waals surface area contributed by atoms with Crippen molar-refractivity contribution in [1.82, 2.24) is 4.98 Å². The van der Waals surface area contributed by atoms with Crippen LogP contribution < -0.4 is 10.6 Å². The van der Waals surface area contributed by atoms with E-state index in [1.165, 1.54) is 11.8 Å². The van der Waals surface area contributed by atoms with Crippen LogP contribution in [0.15, 0.2) is 40.4 Å². The van der Waals surface area contributed by atoms with Crippen molar-refractivity contribution in [3.05, 3.63) is 46.6 Å². The monoisotopic (exact) mass is 413 g/mol. The number of halogens is 2. The molecule has 1 aromatic heterocycles. The molecule has 0 radical (unpaired) electrons. The number of nitrogens with zero attached hydrogens (tertiary/aromatic N) is 2. The third kappa shape index (κ3) is 3.67. The molecule has 2 aromatic rings. The molecule has 0 amide bonds. The molecule has 0 aliphatic carbocycles. The van der Waals surface area contributed by atoms with Crippen LogP contribution in [0.25, 0.3) is 0 Å². The topological polar surface area (TPSA) is 71.6 Å². The molecule has 2 bridgehead atoms. The van der Waals surface area contributed by atoms with Gasteiger partial charge in [0.15, 0.2) is 0 Å². The van der Waals surface area contributed by atoms with E-state index in [1.807, 2.05) is 18.2 Å². The van der Waals surface area contributed by atoms with E-state index in [1.54, 1.807) is 6.20 Å². The predicted octanol–water partition coefficient (Wildman–Crippen LogP) is 3.24. The first kappa shape index (κ1) is 19.7. The number of anilines is 1. The van der Waals surface area contributed by atoms with E-state index in [2.05, 4.69) is 16.0 Å². The summed E-state index contributed by atoms with van der Waals surface area (Å²) in [6.45, 7) is 2.03. The number of aliphatic hydroxyl groups is 1. The number of fused-ring (bicyclic) bond motifs is 2. The number of nitrogens with two attached hydrogens (primary N) is 1. The fourth-order valence-electron chi connectivity index (χ4n) is 3.52. The SMILES string of the molecule is Cl.NCc1cc(N2CC3CC2CO3)cc(Cl)c1Sc1ncccc1CO. The van der Waals surface area contributed by atoms with Crippen LogP contribution >= 0.6 is 35.8 Å².